The average Bonchev–Trinajstić information content (AvgIpc) is 2.53. The molecule has 80 valence electrons. The maximum Gasteiger partial charge on any atom is 0.237 e. The van der Waals surface area contributed by atoms with E-state index in [1.54, 1.807) is 0 Å². The summed E-state index contributed by atoms with van der Waals surface area (Å²) < 4.78 is 0. The van der Waals surface area contributed by atoms with E-state index in [0.717, 1.165) is 25.7 Å². The van der Waals surface area contributed by atoms with Gasteiger partial charge in [-0.1, -0.05) is 19.3 Å². The van der Waals surface area contributed by atoms with Crippen LogP contribution >= 0.6 is 0 Å². The first kappa shape index (κ1) is 9.97. The van der Waals surface area contributed by atoms with Crippen LogP contribution in [0.3, 0.4) is 0 Å². The Morgan fingerprint density at radius 3 is 2.29 bits per heavy atom. The molecule has 2 rings (SSSR count). The number of hydrogen-bond donors (Lipinski definition) is 2. The van der Waals surface area contributed by atoms with Crippen molar-refractivity contribution in [1.82, 2.24) is 5.32 Å². The van der Waals surface area contributed by atoms with E-state index in [4.69, 9.17) is 5.73 Å². The van der Waals surface area contributed by atoms with Gasteiger partial charge >= 0.3 is 0 Å². The second-order valence-electron chi connectivity index (χ2n) is 4.71. The summed E-state index contributed by atoms with van der Waals surface area (Å²) in [4.78, 5) is 11.7. The van der Waals surface area contributed by atoms with E-state index in [2.05, 4.69) is 5.32 Å². The van der Waals surface area contributed by atoms with Crippen LogP contribution < -0.4 is 11.1 Å². The molecule has 2 fully saturated rings. The topological polar surface area (TPSA) is 55.1 Å². The molecule has 2 aliphatic rings. The lowest BCUT2D eigenvalue weighted by atomic mass is 9.80. The van der Waals surface area contributed by atoms with E-state index in [-0.39, 0.29) is 11.9 Å². The normalized spacial score (nSPS) is 25.8. The summed E-state index contributed by atoms with van der Waals surface area (Å²) in [5.41, 5.74) is 5.89. The van der Waals surface area contributed by atoms with Gasteiger partial charge in [0.15, 0.2) is 0 Å². The van der Waals surface area contributed by atoms with Crippen LogP contribution in [0.1, 0.15) is 44.9 Å². The number of nitrogens with one attached hydrogen (secondary N) is 1. The van der Waals surface area contributed by atoms with Crippen molar-refractivity contribution in [2.24, 2.45) is 11.7 Å². The predicted molar refractivity (Wildman–Crippen MR) is 55.7 cm³/mol. The molecule has 1 unspecified atom stereocenters. The third kappa shape index (κ3) is 2.08. The molecule has 0 aliphatic heterocycles. The minimum Gasteiger partial charge on any atom is -0.352 e. The van der Waals surface area contributed by atoms with E-state index in [0.29, 0.717) is 12.0 Å². The van der Waals surface area contributed by atoms with Crippen molar-refractivity contribution in [3.8, 4) is 0 Å². The highest BCUT2D eigenvalue weighted by Gasteiger charge is 2.30. The molecule has 0 radical (unpaired) electrons. The summed E-state index contributed by atoms with van der Waals surface area (Å²) in [6.07, 6.45) is 8.31. The average molecular weight is 196 g/mol. The monoisotopic (exact) mass is 196 g/mol. The van der Waals surface area contributed by atoms with Crippen LogP contribution in [0.4, 0.5) is 0 Å². The van der Waals surface area contributed by atoms with Crippen molar-refractivity contribution in [2.75, 3.05) is 0 Å². The van der Waals surface area contributed by atoms with Gasteiger partial charge < -0.3 is 11.1 Å². The zero-order valence-electron chi connectivity index (χ0n) is 8.67. The lowest BCUT2D eigenvalue weighted by Gasteiger charge is -2.30. The SMILES string of the molecule is NC(C(=O)NC1CCCC1)C1CCC1. The molecule has 0 aromatic rings. The largest absolute Gasteiger partial charge is 0.352 e. The zero-order valence-corrected chi connectivity index (χ0v) is 8.67. The fourth-order valence-corrected chi connectivity index (χ4v) is 2.38. The smallest absolute Gasteiger partial charge is 0.237 e. The fraction of sp³-hybridized carbons (Fsp3) is 0.909. The van der Waals surface area contributed by atoms with Gasteiger partial charge in [-0.2, -0.15) is 0 Å². The van der Waals surface area contributed by atoms with Gasteiger partial charge in [-0.05, 0) is 31.6 Å². The summed E-state index contributed by atoms with van der Waals surface area (Å²) in [6.45, 7) is 0. The Hall–Kier alpha value is -0.570. The van der Waals surface area contributed by atoms with Crippen molar-refractivity contribution in [3.05, 3.63) is 0 Å². The van der Waals surface area contributed by atoms with Crippen LogP contribution in [0, 0.1) is 5.92 Å². The van der Waals surface area contributed by atoms with Gasteiger partial charge in [0, 0.05) is 6.04 Å². The first-order valence-electron chi connectivity index (χ1n) is 5.83. The first-order valence-corrected chi connectivity index (χ1v) is 5.83. The van der Waals surface area contributed by atoms with Gasteiger partial charge in [-0.3, -0.25) is 4.79 Å². The van der Waals surface area contributed by atoms with Crippen LogP contribution in [0.25, 0.3) is 0 Å². The van der Waals surface area contributed by atoms with Gasteiger partial charge in [0.1, 0.15) is 0 Å². The Bertz CT molecular complexity index is 207. The number of hydrogen-bond acceptors (Lipinski definition) is 2. The van der Waals surface area contributed by atoms with Crippen molar-refractivity contribution < 1.29 is 4.79 Å². The maximum atomic E-state index is 11.7. The molecule has 0 heterocycles. The highest BCUT2D eigenvalue weighted by molar-refractivity contribution is 5.82. The quantitative estimate of drug-likeness (QED) is 0.712. The molecule has 0 aromatic carbocycles. The Balaban J connectivity index is 1.75. The Morgan fingerprint density at radius 2 is 1.79 bits per heavy atom. The van der Waals surface area contributed by atoms with Crippen molar-refractivity contribution in [3.63, 3.8) is 0 Å². The van der Waals surface area contributed by atoms with E-state index in [9.17, 15) is 4.79 Å². The number of amides is 1. The maximum absolute atomic E-state index is 11.7. The third-order valence-corrected chi connectivity index (χ3v) is 3.66. The second-order valence-corrected chi connectivity index (χ2v) is 4.71. The van der Waals surface area contributed by atoms with E-state index < -0.39 is 0 Å². The molecule has 1 atom stereocenters. The van der Waals surface area contributed by atoms with Crippen LogP contribution in [-0.2, 0) is 4.79 Å². The van der Waals surface area contributed by atoms with Crippen LogP contribution in [0.2, 0.25) is 0 Å². The highest BCUT2D eigenvalue weighted by atomic mass is 16.2. The molecule has 0 saturated heterocycles. The van der Waals surface area contributed by atoms with Gasteiger partial charge in [0.2, 0.25) is 5.91 Å². The van der Waals surface area contributed by atoms with E-state index in [1.807, 2.05) is 0 Å². The summed E-state index contributed by atoms with van der Waals surface area (Å²) in [7, 11) is 0. The molecule has 3 N–H and O–H groups in total. The summed E-state index contributed by atoms with van der Waals surface area (Å²) >= 11 is 0. The standard InChI is InChI=1S/C11H20N2O/c12-10(8-4-3-5-8)11(14)13-9-6-1-2-7-9/h8-10H,1-7,12H2,(H,13,14). The summed E-state index contributed by atoms with van der Waals surface area (Å²) in [5.74, 6) is 0.540. The lowest BCUT2D eigenvalue weighted by Crippen LogP contribution is -2.49. The molecule has 2 saturated carbocycles. The molecule has 0 aromatic heterocycles. The van der Waals surface area contributed by atoms with Gasteiger partial charge in [0.05, 0.1) is 6.04 Å². The molecule has 1 amide bonds. The number of rotatable bonds is 3. The third-order valence-electron chi connectivity index (χ3n) is 3.66. The second kappa shape index (κ2) is 4.30. The number of nitrogens with two attached hydrogens (primary N) is 1. The van der Waals surface area contributed by atoms with E-state index >= 15 is 0 Å². The molecule has 14 heavy (non-hydrogen) atoms. The van der Waals surface area contributed by atoms with Crippen LogP contribution in [0.5, 0.6) is 0 Å². The molecule has 0 bridgehead atoms. The van der Waals surface area contributed by atoms with Gasteiger partial charge in [0.25, 0.3) is 0 Å². The van der Waals surface area contributed by atoms with Crippen molar-refractivity contribution in [1.29, 1.82) is 0 Å². The van der Waals surface area contributed by atoms with Crippen LogP contribution in [-0.4, -0.2) is 18.0 Å². The summed E-state index contributed by atoms with van der Waals surface area (Å²) in [6, 6.07) is 0.165. The van der Waals surface area contributed by atoms with Crippen molar-refractivity contribution >= 4 is 5.91 Å². The van der Waals surface area contributed by atoms with Crippen molar-refractivity contribution in [2.45, 2.75) is 57.0 Å². The Morgan fingerprint density at radius 1 is 1.14 bits per heavy atom. The Labute approximate surface area is 85.4 Å². The molecular weight excluding hydrogens is 176 g/mol. The van der Waals surface area contributed by atoms with Crippen LogP contribution in [0.15, 0.2) is 0 Å². The lowest BCUT2D eigenvalue weighted by molar-refractivity contribution is -0.124. The molecule has 0 spiro atoms. The molecular formula is C11H20N2O. The van der Waals surface area contributed by atoms with E-state index in [1.165, 1.54) is 19.3 Å². The number of carbonyl (C=O) groups is 1. The van der Waals surface area contributed by atoms with Gasteiger partial charge in [-0.25, -0.2) is 0 Å². The Kier molecular flexibility index (Phi) is 3.06. The number of carbonyl (C=O) groups excluding carboxylic acids is 1. The summed E-state index contributed by atoms with van der Waals surface area (Å²) in [5, 5.41) is 3.06. The fourth-order valence-electron chi connectivity index (χ4n) is 2.38. The highest BCUT2D eigenvalue weighted by Crippen LogP contribution is 2.29. The molecule has 2 aliphatic carbocycles. The predicted octanol–water partition coefficient (Wildman–Crippen LogP) is 1.17. The minimum atomic E-state index is -0.246. The molecule has 3 nitrogen and oxygen atoms in total. The minimum absolute atomic E-state index is 0.0848. The molecule has 3 heteroatoms. The van der Waals surface area contributed by atoms with Gasteiger partial charge in [-0.15, -0.1) is 0 Å². The first-order chi connectivity index (χ1) is 6.77. The zero-order chi connectivity index (χ0) is 9.97.